The summed E-state index contributed by atoms with van der Waals surface area (Å²) in [5, 5.41) is 2.67. The summed E-state index contributed by atoms with van der Waals surface area (Å²) < 4.78 is 38.6. The first-order valence-corrected chi connectivity index (χ1v) is 10.1. The molecule has 0 saturated heterocycles. The average Bonchev–Trinajstić information content (AvgIpc) is 2.67. The number of hydrogen-bond donors (Lipinski definition) is 2. The zero-order valence-electron chi connectivity index (χ0n) is 15.6. The molecule has 7 nitrogen and oxygen atoms in total. The Hall–Kier alpha value is -2.58. The Morgan fingerprint density at radius 3 is 2.48 bits per heavy atom. The smallest absolute Gasteiger partial charge is 0.240 e. The second-order valence-corrected chi connectivity index (χ2v) is 7.40. The Bertz CT molecular complexity index is 897. The molecule has 0 heterocycles. The van der Waals surface area contributed by atoms with Crippen LogP contribution in [0.3, 0.4) is 0 Å². The third-order valence-corrected chi connectivity index (χ3v) is 5.20. The molecule has 2 rings (SSSR count). The second kappa shape index (κ2) is 9.38. The minimum Gasteiger partial charge on any atom is -0.496 e. The molecule has 8 heteroatoms. The van der Waals surface area contributed by atoms with Crippen molar-refractivity contribution in [2.45, 2.75) is 31.7 Å². The van der Waals surface area contributed by atoms with Crippen molar-refractivity contribution in [1.82, 2.24) is 4.72 Å². The number of amides is 1. The molecule has 1 amide bonds. The molecule has 0 aliphatic rings. The molecule has 0 spiro atoms. The summed E-state index contributed by atoms with van der Waals surface area (Å²) in [6.45, 7) is 4.00. The lowest BCUT2D eigenvalue weighted by atomic mass is 10.2. The molecule has 0 unspecified atom stereocenters. The Morgan fingerprint density at radius 1 is 1.07 bits per heavy atom. The summed E-state index contributed by atoms with van der Waals surface area (Å²) in [6.07, 6.45) is 0.272. The van der Waals surface area contributed by atoms with Crippen LogP contribution in [0.5, 0.6) is 11.5 Å². The van der Waals surface area contributed by atoms with Crippen molar-refractivity contribution in [2.24, 2.45) is 0 Å². The minimum atomic E-state index is -3.79. The molecule has 0 aromatic heterocycles. The third kappa shape index (κ3) is 5.45. The van der Waals surface area contributed by atoms with E-state index in [2.05, 4.69) is 10.0 Å². The van der Waals surface area contributed by atoms with Crippen LogP contribution in [0.15, 0.2) is 47.4 Å². The maximum Gasteiger partial charge on any atom is 0.240 e. The van der Waals surface area contributed by atoms with Crippen molar-refractivity contribution < 1.29 is 22.7 Å². The van der Waals surface area contributed by atoms with Crippen LogP contribution in [0.2, 0.25) is 0 Å². The monoisotopic (exact) mass is 392 g/mol. The van der Waals surface area contributed by atoms with Gasteiger partial charge in [-0.2, -0.15) is 0 Å². The molecule has 0 saturated carbocycles. The van der Waals surface area contributed by atoms with Crippen LogP contribution in [-0.4, -0.2) is 28.0 Å². The molecule has 0 aliphatic heterocycles. The van der Waals surface area contributed by atoms with Crippen molar-refractivity contribution in [1.29, 1.82) is 0 Å². The largest absolute Gasteiger partial charge is 0.496 e. The first kappa shape index (κ1) is 20.7. The number of ether oxygens (including phenoxy) is 2. The third-order valence-electron chi connectivity index (χ3n) is 3.80. The van der Waals surface area contributed by atoms with Gasteiger partial charge in [0.25, 0.3) is 0 Å². The predicted octanol–water partition coefficient (Wildman–Crippen LogP) is 2.92. The fraction of sp³-hybridized carbons (Fsp3) is 0.316. The lowest BCUT2D eigenvalue weighted by Crippen LogP contribution is -2.24. The maximum absolute atomic E-state index is 12.7. The zero-order chi connectivity index (χ0) is 19.9. The van der Waals surface area contributed by atoms with E-state index in [0.29, 0.717) is 29.4 Å². The Labute approximate surface area is 159 Å². The fourth-order valence-corrected chi connectivity index (χ4v) is 3.43. The highest BCUT2D eigenvalue weighted by atomic mass is 32.2. The minimum absolute atomic E-state index is 0.0345. The van der Waals surface area contributed by atoms with Crippen LogP contribution in [0, 0.1) is 0 Å². The number of anilines is 1. The quantitative estimate of drug-likeness (QED) is 0.684. The van der Waals surface area contributed by atoms with Gasteiger partial charge in [0.1, 0.15) is 11.5 Å². The number of sulfonamides is 1. The highest BCUT2D eigenvalue weighted by Gasteiger charge is 2.18. The van der Waals surface area contributed by atoms with E-state index in [4.69, 9.17) is 9.47 Å². The fourth-order valence-electron chi connectivity index (χ4n) is 2.40. The molecular formula is C19H24N2O5S. The molecule has 0 aliphatic carbocycles. The standard InChI is InChI=1S/C19H24N2O5S/c1-4-19(22)21-16-12-15(10-11-18(16)26-5-2)27(23,24)20-13-14-8-6-7-9-17(14)25-3/h6-12,20H,4-5,13H2,1-3H3,(H,21,22). The average molecular weight is 392 g/mol. The van der Waals surface area contributed by atoms with Gasteiger partial charge in [-0.05, 0) is 31.2 Å². The van der Waals surface area contributed by atoms with Gasteiger partial charge in [-0.25, -0.2) is 13.1 Å². The van der Waals surface area contributed by atoms with E-state index in [-0.39, 0.29) is 23.8 Å². The topological polar surface area (TPSA) is 93.7 Å². The van der Waals surface area contributed by atoms with Gasteiger partial charge in [0.15, 0.2) is 0 Å². The van der Waals surface area contributed by atoms with E-state index in [1.165, 1.54) is 25.3 Å². The Kier molecular flexibility index (Phi) is 7.20. The Balaban J connectivity index is 2.26. The molecule has 0 bridgehead atoms. The van der Waals surface area contributed by atoms with Crippen LogP contribution >= 0.6 is 0 Å². The highest BCUT2D eigenvalue weighted by molar-refractivity contribution is 7.89. The van der Waals surface area contributed by atoms with Crippen molar-refractivity contribution in [3.63, 3.8) is 0 Å². The summed E-state index contributed by atoms with van der Waals surface area (Å²) >= 11 is 0. The SMILES string of the molecule is CCOc1ccc(S(=O)(=O)NCc2ccccc2OC)cc1NC(=O)CC. The van der Waals surface area contributed by atoms with Gasteiger partial charge in [0, 0.05) is 18.5 Å². The summed E-state index contributed by atoms with van der Waals surface area (Å²) in [5.41, 5.74) is 1.04. The van der Waals surface area contributed by atoms with Crippen LogP contribution in [0.4, 0.5) is 5.69 Å². The van der Waals surface area contributed by atoms with Crippen molar-refractivity contribution >= 4 is 21.6 Å². The van der Waals surface area contributed by atoms with Gasteiger partial charge in [0.2, 0.25) is 15.9 Å². The Morgan fingerprint density at radius 2 is 1.81 bits per heavy atom. The summed E-state index contributed by atoms with van der Waals surface area (Å²) in [4.78, 5) is 11.8. The molecule has 2 N–H and O–H groups in total. The van der Waals surface area contributed by atoms with Crippen LogP contribution in [0.25, 0.3) is 0 Å². The van der Waals surface area contributed by atoms with Gasteiger partial charge in [-0.15, -0.1) is 0 Å². The number of carbonyl (C=O) groups is 1. The molecular weight excluding hydrogens is 368 g/mol. The number of nitrogens with one attached hydrogen (secondary N) is 2. The van der Waals surface area contributed by atoms with Crippen molar-refractivity contribution in [3.05, 3.63) is 48.0 Å². The lowest BCUT2D eigenvalue weighted by Gasteiger charge is -2.14. The van der Waals surface area contributed by atoms with Crippen LogP contribution in [0.1, 0.15) is 25.8 Å². The number of rotatable bonds is 9. The first-order chi connectivity index (χ1) is 12.9. The maximum atomic E-state index is 12.7. The summed E-state index contributed by atoms with van der Waals surface area (Å²) in [5.74, 6) is 0.790. The number of hydrogen-bond acceptors (Lipinski definition) is 5. The molecule has 0 fully saturated rings. The van der Waals surface area contributed by atoms with E-state index >= 15 is 0 Å². The number of para-hydroxylation sites is 1. The van der Waals surface area contributed by atoms with Gasteiger partial charge in [-0.1, -0.05) is 25.1 Å². The zero-order valence-corrected chi connectivity index (χ0v) is 16.4. The van der Waals surface area contributed by atoms with Crippen LogP contribution in [-0.2, 0) is 21.4 Å². The first-order valence-electron chi connectivity index (χ1n) is 8.59. The van der Waals surface area contributed by atoms with Gasteiger partial charge in [0.05, 0.1) is 24.3 Å². The number of carbonyl (C=O) groups excluding carboxylic acids is 1. The van der Waals surface area contributed by atoms with E-state index < -0.39 is 10.0 Å². The van der Waals surface area contributed by atoms with Crippen molar-refractivity contribution in [3.8, 4) is 11.5 Å². The highest BCUT2D eigenvalue weighted by Crippen LogP contribution is 2.28. The van der Waals surface area contributed by atoms with Crippen LogP contribution < -0.4 is 19.5 Å². The second-order valence-electron chi connectivity index (χ2n) is 5.63. The summed E-state index contributed by atoms with van der Waals surface area (Å²) in [7, 11) is -2.26. The molecule has 27 heavy (non-hydrogen) atoms. The molecule has 2 aromatic carbocycles. The lowest BCUT2D eigenvalue weighted by molar-refractivity contribution is -0.115. The predicted molar refractivity (Wildman–Crippen MR) is 104 cm³/mol. The van der Waals surface area contributed by atoms with Gasteiger partial charge in [-0.3, -0.25) is 4.79 Å². The number of benzene rings is 2. The van der Waals surface area contributed by atoms with E-state index in [1.807, 2.05) is 13.0 Å². The molecule has 2 aromatic rings. The normalized spacial score (nSPS) is 11.1. The van der Waals surface area contributed by atoms with E-state index in [1.54, 1.807) is 25.1 Å². The van der Waals surface area contributed by atoms with Crippen molar-refractivity contribution in [2.75, 3.05) is 19.0 Å². The molecule has 0 atom stereocenters. The number of methoxy groups -OCH3 is 1. The van der Waals surface area contributed by atoms with Gasteiger partial charge >= 0.3 is 0 Å². The van der Waals surface area contributed by atoms with E-state index in [0.717, 1.165) is 0 Å². The molecule has 146 valence electrons. The molecule has 0 radical (unpaired) electrons. The summed E-state index contributed by atoms with van der Waals surface area (Å²) in [6, 6.07) is 11.5. The van der Waals surface area contributed by atoms with Gasteiger partial charge < -0.3 is 14.8 Å². The van der Waals surface area contributed by atoms with E-state index in [9.17, 15) is 13.2 Å².